The SMILES string of the molecule is CCOc1ccc(NC(=O)COc2ccc(C)nc2[N+](=O)[O-])cc1. The number of nitrogens with one attached hydrogen (secondary N) is 1. The molecule has 0 aliphatic heterocycles. The van der Waals surface area contributed by atoms with Crippen LogP contribution in [-0.4, -0.2) is 29.0 Å². The Labute approximate surface area is 138 Å². The molecule has 2 aromatic rings. The third-order valence-electron chi connectivity index (χ3n) is 2.96. The third kappa shape index (κ3) is 4.67. The molecule has 1 N–H and O–H groups in total. The summed E-state index contributed by atoms with van der Waals surface area (Å²) in [6, 6.07) is 9.85. The number of carbonyl (C=O) groups excluding carboxylic acids is 1. The molecule has 0 bridgehead atoms. The number of hydrogen-bond acceptors (Lipinski definition) is 6. The highest BCUT2D eigenvalue weighted by Gasteiger charge is 2.18. The second-order valence-electron chi connectivity index (χ2n) is 4.83. The second kappa shape index (κ2) is 7.91. The molecule has 0 spiro atoms. The molecule has 0 atom stereocenters. The molecule has 1 heterocycles. The summed E-state index contributed by atoms with van der Waals surface area (Å²) in [5, 5.41) is 13.6. The van der Waals surface area contributed by atoms with E-state index in [0.29, 0.717) is 23.7 Å². The van der Waals surface area contributed by atoms with Crippen molar-refractivity contribution >= 4 is 17.4 Å². The monoisotopic (exact) mass is 331 g/mol. The highest BCUT2D eigenvalue weighted by Crippen LogP contribution is 2.24. The van der Waals surface area contributed by atoms with E-state index in [9.17, 15) is 14.9 Å². The van der Waals surface area contributed by atoms with Crippen LogP contribution in [-0.2, 0) is 4.79 Å². The van der Waals surface area contributed by atoms with Crippen molar-refractivity contribution in [2.24, 2.45) is 0 Å². The molecule has 1 aromatic heterocycles. The lowest BCUT2D eigenvalue weighted by molar-refractivity contribution is -0.390. The lowest BCUT2D eigenvalue weighted by Crippen LogP contribution is -2.20. The zero-order valence-corrected chi connectivity index (χ0v) is 13.3. The van der Waals surface area contributed by atoms with Gasteiger partial charge in [0, 0.05) is 12.6 Å². The molecule has 1 amide bonds. The molecule has 1 aromatic carbocycles. The van der Waals surface area contributed by atoms with E-state index < -0.39 is 16.6 Å². The van der Waals surface area contributed by atoms with E-state index in [0.717, 1.165) is 0 Å². The van der Waals surface area contributed by atoms with Crippen LogP contribution in [0, 0.1) is 17.0 Å². The number of ether oxygens (including phenoxy) is 2. The molecule has 2 rings (SSSR count). The standard InChI is InChI=1S/C16H17N3O5/c1-3-23-13-7-5-12(6-8-13)18-15(20)10-24-14-9-4-11(2)17-16(14)19(21)22/h4-9H,3,10H2,1-2H3,(H,18,20). The van der Waals surface area contributed by atoms with Crippen molar-refractivity contribution in [3.63, 3.8) is 0 Å². The Morgan fingerprint density at radius 3 is 2.54 bits per heavy atom. The molecule has 0 aliphatic rings. The van der Waals surface area contributed by atoms with Gasteiger partial charge in [0.25, 0.3) is 5.91 Å². The maximum atomic E-state index is 11.9. The van der Waals surface area contributed by atoms with Gasteiger partial charge in [0.15, 0.2) is 6.61 Å². The minimum Gasteiger partial charge on any atom is -0.494 e. The average molecular weight is 331 g/mol. The number of benzene rings is 1. The van der Waals surface area contributed by atoms with Crippen LogP contribution in [0.4, 0.5) is 11.5 Å². The number of anilines is 1. The van der Waals surface area contributed by atoms with Crippen molar-refractivity contribution < 1.29 is 19.2 Å². The van der Waals surface area contributed by atoms with Gasteiger partial charge in [-0.2, -0.15) is 0 Å². The Bertz CT molecular complexity index is 731. The Kier molecular flexibility index (Phi) is 5.67. The third-order valence-corrected chi connectivity index (χ3v) is 2.96. The van der Waals surface area contributed by atoms with Gasteiger partial charge in [0.2, 0.25) is 5.75 Å². The maximum absolute atomic E-state index is 11.9. The number of aromatic nitrogens is 1. The molecule has 0 saturated carbocycles. The molecule has 0 unspecified atom stereocenters. The zero-order valence-electron chi connectivity index (χ0n) is 13.3. The van der Waals surface area contributed by atoms with Crippen LogP contribution >= 0.6 is 0 Å². The van der Waals surface area contributed by atoms with Crippen LogP contribution in [0.1, 0.15) is 12.6 Å². The maximum Gasteiger partial charge on any atom is 0.406 e. The smallest absolute Gasteiger partial charge is 0.406 e. The summed E-state index contributed by atoms with van der Waals surface area (Å²) >= 11 is 0. The summed E-state index contributed by atoms with van der Waals surface area (Å²) in [6.45, 7) is 3.71. The van der Waals surface area contributed by atoms with Gasteiger partial charge in [-0.05, 0) is 53.2 Å². The first kappa shape index (κ1) is 17.2. The zero-order chi connectivity index (χ0) is 17.5. The number of nitro groups is 1. The van der Waals surface area contributed by atoms with Gasteiger partial charge in [0.1, 0.15) is 11.4 Å². The van der Waals surface area contributed by atoms with E-state index in [1.165, 1.54) is 6.07 Å². The van der Waals surface area contributed by atoms with Crippen LogP contribution in [0.15, 0.2) is 36.4 Å². The molecular weight excluding hydrogens is 314 g/mol. The van der Waals surface area contributed by atoms with E-state index in [2.05, 4.69) is 10.3 Å². The van der Waals surface area contributed by atoms with Gasteiger partial charge in [-0.25, -0.2) is 0 Å². The Hall–Kier alpha value is -3.16. The number of aryl methyl sites for hydroxylation is 1. The van der Waals surface area contributed by atoms with Gasteiger partial charge in [0.05, 0.1) is 6.61 Å². The van der Waals surface area contributed by atoms with E-state index in [1.807, 2.05) is 6.92 Å². The highest BCUT2D eigenvalue weighted by molar-refractivity contribution is 5.91. The van der Waals surface area contributed by atoms with Crippen LogP contribution in [0.3, 0.4) is 0 Å². The van der Waals surface area contributed by atoms with Crippen LogP contribution in [0.2, 0.25) is 0 Å². The second-order valence-corrected chi connectivity index (χ2v) is 4.83. The fourth-order valence-electron chi connectivity index (χ4n) is 1.92. The predicted octanol–water partition coefficient (Wildman–Crippen LogP) is 2.71. The largest absolute Gasteiger partial charge is 0.494 e. The van der Waals surface area contributed by atoms with Crippen molar-refractivity contribution in [2.45, 2.75) is 13.8 Å². The quantitative estimate of drug-likeness (QED) is 0.618. The van der Waals surface area contributed by atoms with Gasteiger partial charge in [-0.1, -0.05) is 0 Å². The number of pyridine rings is 1. The molecule has 8 nitrogen and oxygen atoms in total. The molecule has 0 saturated heterocycles. The average Bonchev–Trinajstić information content (AvgIpc) is 2.55. The minimum absolute atomic E-state index is 0.0487. The minimum atomic E-state index is -0.646. The van der Waals surface area contributed by atoms with Gasteiger partial charge in [-0.3, -0.25) is 4.79 Å². The Balaban J connectivity index is 1.95. The molecule has 0 radical (unpaired) electrons. The first-order chi connectivity index (χ1) is 11.5. The molecule has 0 aliphatic carbocycles. The Morgan fingerprint density at radius 1 is 1.21 bits per heavy atom. The normalized spacial score (nSPS) is 10.1. The summed E-state index contributed by atoms with van der Waals surface area (Å²) < 4.78 is 10.5. The lowest BCUT2D eigenvalue weighted by atomic mass is 10.3. The van der Waals surface area contributed by atoms with E-state index >= 15 is 0 Å². The summed E-state index contributed by atoms with van der Waals surface area (Å²) in [6.07, 6.45) is 0. The van der Waals surface area contributed by atoms with E-state index in [1.54, 1.807) is 37.3 Å². The van der Waals surface area contributed by atoms with Crippen LogP contribution in [0.5, 0.6) is 11.5 Å². The fraction of sp³-hybridized carbons (Fsp3) is 0.250. The van der Waals surface area contributed by atoms with Crippen molar-refractivity contribution in [3.8, 4) is 11.5 Å². The predicted molar refractivity (Wildman–Crippen MR) is 87.4 cm³/mol. The molecule has 0 fully saturated rings. The number of nitrogens with zero attached hydrogens (tertiary/aromatic N) is 2. The number of amides is 1. The van der Waals surface area contributed by atoms with Crippen molar-refractivity contribution in [3.05, 3.63) is 52.2 Å². The summed E-state index contributed by atoms with van der Waals surface area (Å²) in [7, 11) is 0. The van der Waals surface area contributed by atoms with Gasteiger partial charge in [-0.15, -0.1) is 0 Å². The summed E-state index contributed by atoms with van der Waals surface area (Å²) in [4.78, 5) is 26.0. The Morgan fingerprint density at radius 2 is 1.92 bits per heavy atom. The van der Waals surface area contributed by atoms with E-state index in [4.69, 9.17) is 9.47 Å². The molecule has 126 valence electrons. The van der Waals surface area contributed by atoms with Crippen molar-refractivity contribution in [2.75, 3.05) is 18.5 Å². The van der Waals surface area contributed by atoms with E-state index in [-0.39, 0.29) is 12.4 Å². The van der Waals surface area contributed by atoms with Crippen LogP contribution in [0.25, 0.3) is 0 Å². The number of rotatable bonds is 7. The number of hydrogen-bond donors (Lipinski definition) is 1. The van der Waals surface area contributed by atoms with Crippen molar-refractivity contribution in [1.29, 1.82) is 0 Å². The lowest BCUT2D eigenvalue weighted by Gasteiger charge is -2.08. The topological polar surface area (TPSA) is 104 Å². The van der Waals surface area contributed by atoms with Gasteiger partial charge < -0.3 is 24.9 Å². The molecule has 8 heteroatoms. The first-order valence-corrected chi connectivity index (χ1v) is 7.27. The van der Waals surface area contributed by atoms with Crippen LogP contribution < -0.4 is 14.8 Å². The number of carbonyl (C=O) groups is 1. The molecule has 24 heavy (non-hydrogen) atoms. The fourth-order valence-corrected chi connectivity index (χ4v) is 1.92. The molecular formula is C16H17N3O5. The van der Waals surface area contributed by atoms with Crippen molar-refractivity contribution in [1.82, 2.24) is 4.98 Å². The highest BCUT2D eigenvalue weighted by atomic mass is 16.6. The van der Waals surface area contributed by atoms with Gasteiger partial charge >= 0.3 is 5.82 Å². The first-order valence-electron chi connectivity index (χ1n) is 7.27. The summed E-state index contributed by atoms with van der Waals surface area (Å²) in [5.74, 6) is -0.196. The summed E-state index contributed by atoms with van der Waals surface area (Å²) in [5.41, 5.74) is 1.07.